The molecule has 0 aliphatic carbocycles. The molecule has 3 aromatic rings. The molecule has 32 heavy (non-hydrogen) atoms. The molecule has 5 nitrogen and oxygen atoms in total. The van der Waals surface area contributed by atoms with Crippen LogP contribution in [0.5, 0.6) is 0 Å². The van der Waals surface area contributed by atoms with Crippen molar-refractivity contribution in [3.05, 3.63) is 94.8 Å². The molecule has 1 heterocycles. The van der Waals surface area contributed by atoms with Gasteiger partial charge < -0.3 is 34.7 Å². The number of nitrogens with one attached hydrogen (secondary N) is 1. The molecule has 2 N–H and O–H groups in total. The van der Waals surface area contributed by atoms with Crippen molar-refractivity contribution in [2.24, 2.45) is 0 Å². The summed E-state index contributed by atoms with van der Waals surface area (Å²) in [6.07, 6.45) is 2.14. The number of carbonyl (C=O) groups excluding carboxylic acids is 1. The van der Waals surface area contributed by atoms with Gasteiger partial charge in [-0.15, -0.1) is 0 Å². The number of benzene rings is 1. The van der Waals surface area contributed by atoms with E-state index in [1.165, 1.54) is 28.7 Å². The number of halogens is 1. The Labute approximate surface area is 199 Å². The maximum atomic E-state index is 14.4. The van der Waals surface area contributed by atoms with E-state index < -0.39 is 11.7 Å². The molecule has 4 rings (SSSR count). The first-order chi connectivity index (χ1) is 15.1. The second-order valence-corrected chi connectivity index (χ2v) is 8.13. The van der Waals surface area contributed by atoms with Crippen molar-refractivity contribution < 1.29 is 31.5 Å². The molecule has 0 bridgehead atoms. The average molecular weight is 477 g/mol. The van der Waals surface area contributed by atoms with Crippen LogP contribution in [0.15, 0.2) is 66.7 Å². The van der Waals surface area contributed by atoms with Crippen LogP contribution in [0.3, 0.4) is 0 Å². The van der Waals surface area contributed by atoms with E-state index in [-0.39, 0.29) is 22.6 Å². The molecule has 7 heteroatoms. The quantitative estimate of drug-likeness (QED) is 0.224. The fourth-order valence-electron chi connectivity index (χ4n) is 4.41. The second-order valence-electron chi connectivity index (χ2n) is 8.13. The van der Waals surface area contributed by atoms with E-state index in [1.54, 1.807) is 6.07 Å². The maximum Gasteiger partial charge on any atom is 0.274 e. The Hall–Kier alpha value is -2.28. The Morgan fingerprint density at radius 1 is 1.16 bits per heavy atom. The first-order valence-electron chi connectivity index (χ1n) is 10.8. The van der Waals surface area contributed by atoms with Gasteiger partial charge in [-0.3, -0.25) is 14.9 Å². The molecular weight excluding hydrogens is 449 g/mol. The van der Waals surface area contributed by atoms with Crippen LogP contribution in [0.25, 0.3) is 0 Å². The summed E-state index contributed by atoms with van der Waals surface area (Å²) in [5.74, 6) is -1.13. The molecule has 0 radical (unpaired) electrons. The fourth-order valence-corrected chi connectivity index (χ4v) is 4.41. The van der Waals surface area contributed by atoms with Gasteiger partial charge in [-0.25, -0.2) is 22.0 Å². The molecule has 0 saturated carbocycles. The van der Waals surface area contributed by atoms with E-state index in [0.717, 1.165) is 39.0 Å². The van der Waals surface area contributed by atoms with Crippen molar-refractivity contribution >= 4 is 5.91 Å². The first-order valence-corrected chi connectivity index (χ1v) is 10.8. The molecule has 1 saturated heterocycles. The Balaban J connectivity index is 0.00000289. The van der Waals surface area contributed by atoms with Crippen molar-refractivity contribution in [3.63, 3.8) is 0 Å². The predicted octanol–water partition coefficient (Wildman–Crippen LogP) is 3.87. The average Bonchev–Trinajstić information content (AvgIpc) is 3.50. The molecule has 0 aromatic heterocycles. The van der Waals surface area contributed by atoms with Gasteiger partial charge in [-0.1, -0.05) is 18.9 Å². The van der Waals surface area contributed by atoms with E-state index in [2.05, 4.69) is 58.3 Å². The van der Waals surface area contributed by atoms with Gasteiger partial charge in [0, 0.05) is 60.9 Å². The Kier molecular flexibility index (Phi) is 8.79. The normalized spacial score (nSPS) is 15.8. The summed E-state index contributed by atoms with van der Waals surface area (Å²) in [6, 6.07) is 21.9. The van der Waals surface area contributed by atoms with Crippen LogP contribution in [0, 0.1) is 5.82 Å². The topological polar surface area (TPSA) is 55.8 Å². The molecule has 1 unspecified atom stereocenters. The van der Waals surface area contributed by atoms with Crippen molar-refractivity contribution in [2.75, 3.05) is 26.2 Å². The molecule has 3 aromatic carbocycles. The predicted molar refractivity (Wildman–Crippen MR) is 118 cm³/mol. The second kappa shape index (κ2) is 11.5. The largest absolute Gasteiger partial charge is 0.748 e. The summed E-state index contributed by atoms with van der Waals surface area (Å²) in [4.78, 5) is 16.2. The van der Waals surface area contributed by atoms with Crippen molar-refractivity contribution in [1.29, 1.82) is 0 Å². The third-order valence-corrected chi connectivity index (χ3v) is 6.17. The smallest absolute Gasteiger partial charge is 0.274 e. The van der Waals surface area contributed by atoms with E-state index >= 15 is 0 Å². The van der Waals surface area contributed by atoms with E-state index in [4.69, 9.17) is 5.21 Å². The van der Waals surface area contributed by atoms with Gasteiger partial charge in [0.2, 0.25) is 0 Å². The van der Waals surface area contributed by atoms with Gasteiger partial charge >= 0.3 is 0 Å². The van der Waals surface area contributed by atoms with Gasteiger partial charge in [0.1, 0.15) is 5.82 Å². The Bertz CT molecular complexity index is 967. The van der Waals surface area contributed by atoms with Crippen LogP contribution in [-0.2, 0) is 30.0 Å². The molecule has 1 fully saturated rings. The molecule has 176 valence electrons. The number of hydrogen-bond donors (Lipinski definition) is 2. The molecule has 1 aliphatic heterocycles. The van der Waals surface area contributed by atoms with E-state index in [9.17, 15) is 9.18 Å². The number of piperazine rings is 1. The van der Waals surface area contributed by atoms with E-state index in [1.807, 2.05) is 0 Å². The number of hydrogen-bond acceptors (Lipinski definition) is 4. The van der Waals surface area contributed by atoms with Crippen molar-refractivity contribution in [1.82, 2.24) is 15.3 Å². The van der Waals surface area contributed by atoms with E-state index in [0.29, 0.717) is 18.2 Å². The minimum atomic E-state index is -0.709. The first kappa shape index (κ1) is 24.4. The number of amides is 1. The van der Waals surface area contributed by atoms with Crippen molar-refractivity contribution in [3.8, 4) is 0 Å². The fraction of sp³-hybridized carbons (Fsp3) is 0.320. The molecule has 1 aliphatic rings. The number of hydroxylamine groups is 1. The standard InChI is InChI=1S/C25H28FN3O2.Fe/c26-23-17-21(25(30)27-31)10-11-22(23)18-28-13-15-29(16-14-28)24(20-7-3-4-8-20)12-9-19-5-1-2-6-19;/h1-8,10-11,17,24,31H,9,12-16,18H2,(H,27,30);/q-6;. The SMILES string of the molecule is O=C(NO)c1ccc(CN2CCN(C(CC[c-]3cccc3)[c-]3[cH-][cH-][cH-][cH-]3)CC2)c(F)c1.[Fe]. The van der Waals surface area contributed by atoms with Crippen LogP contribution in [-0.4, -0.2) is 47.1 Å². The van der Waals surface area contributed by atoms with Gasteiger partial charge in [0.15, 0.2) is 0 Å². The van der Waals surface area contributed by atoms with Crippen LogP contribution < -0.4 is 5.48 Å². The van der Waals surface area contributed by atoms with Crippen LogP contribution in [0.2, 0.25) is 0 Å². The Morgan fingerprint density at radius 3 is 2.47 bits per heavy atom. The summed E-state index contributed by atoms with van der Waals surface area (Å²) in [7, 11) is 0. The molecule has 0 spiro atoms. The maximum absolute atomic E-state index is 14.4. The Morgan fingerprint density at radius 2 is 1.84 bits per heavy atom. The third kappa shape index (κ3) is 5.94. The number of aryl methyl sites for hydroxylation is 1. The minimum Gasteiger partial charge on any atom is -0.748 e. The van der Waals surface area contributed by atoms with Gasteiger partial charge in [-0.05, 0) is 12.1 Å². The summed E-state index contributed by atoms with van der Waals surface area (Å²) < 4.78 is 14.4. The zero-order chi connectivity index (χ0) is 21.6. The van der Waals surface area contributed by atoms with Crippen molar-refractivity contribution in [2.45, 2.75) is 25.4 Å². The van der Waals surface area contributed by atoms with Crippen LogP contribution >= 0.6 is 0 Å². The molecule has 1 amide bonds. The summed E-state index contributed by atoms with van der Waals surface area (Å²) in [6.45, 7) is 4.11. The monoisotopic (exact) mass is 477 g/mol. The summed E-state index contributed by atoms with van der Waals surface area (Å²) in [5, 5.41) is 8.70. The molecule has 1 atom stereocenters. The number of nitrogens with zero attached hydrogens (tertiary/aromatic N) is 2. The molecular formula is C25H28FFeN3O2-6. The van der Waals surface area contributed by atoms with Gasteiger partial charge in [-0.2, -0.15) is 23.7 Å². The summed E-state index contributed by atoms with van der Waals surface area (Å²) >= 11 is 0. The number of carbonyl (C=O) groups is 1. The van der Waals surface area contributed by atoms with Crippen LogP contribution in [0.4, 0.5) is 4.39 Å². The van der Waals surface area contributed by atoms with Crippen LogP contribution in [0.1, 0.15) is 39.5 Å². The van der Waals surface area contributed by atoms with Gasteiger partial charge in [0.25, 0.3) is 5.91 Å². The zero-order valence-electron chi connectivity index (χ0n) is 17.9. The van der Waals surface area contributed by atoms with Gasteiger partial charge in [0.05, 0.1) is 0 Å². The minimum absolute atomic E-state index is 0. The zero-order valence-corrected chi connectivity index (χ0v) is 19.0. The number of rotatable bonds is 8. The summed E-state index contributed by atoms with van der Waals surface area (Å²) in [5.41, 5.74) is 4.95. The third-order valence-electron chi connectivity index (χ3n) is 6.17.